The molecule has 2 rings (SSSR count). The van der Waals surface area contributed by atoms with Crippen LogP contribution >= 0.6 is 0 Å². The van der Waals surface area contributed by atoms with Crippen LogP contribution in [0.4, 0.5) is 0 Å². The number of carbonyl (C=O) groups excluding carboxylic acids is 1. The zero-order chi connectivity index (χ0) is 14.5. The maximum absolute atomic E-state index is 11.3. The molecule has 5 heteroatoms. The van der Waals surface area contributed by atoms with Crippen molar-refractivity contribution >= 4 is 5.97 Å². The van der Waals surface area contributed by atoms with Crippen LogP contribution in [-0.4, -0.2) is 29.1 Å². The first kappa shape index (κ1) is 14.1. The number of aromatic nitrogens is 2. The second kappa shape index (κ2) is 6.25. The van der Waals surface area contributed by atoms with Gasteiger partial charge in [-0.25, -0.2) is 0 Å². The van der Waals surface area contributed by atoms with Crippen LogP contribution in [0.5, 0.6) is 0 Å². The molecule has 0 aromatic carbocycles. The van der Waals surface area contributed by atoms with Crippen LogP contribution in [0.15, 0.2) is 36.7 Å². The van der Waals surface area contributed by atoms with Crippen LogP contribution < -0.4 is 5.73 Å². The largest absolute Gasteiger partial charge is 0.468 e. The van der Waals surface area contributed by atoms with Gasteiger partial charge in [0, 0.05) is 12.4 Å². The number of pyridine rings is 2. The lowest BCUT2D eigenvalue weighted by atomic mass is 10.1. The standard InChI is InChI=1S/C15H17N3O2/c1-10-3-5-17-13(7-10)14-9-11(4-6-18-14)8-12(16)15(19)20-2/h3-7,9,12H,8,16H2,1-2H3. The molecule has 0 bridgehead atoms. The summed E-state index contributed by atoms with van der Waals surface area (Å²) in [6.45, 7) is 2.00. The summed E-state index contributed by atoms with van der Waals surface area (Å²) < 4.78 is 4.62. The van der Waals surface area contributed by atoms with Crippen molar-refractivity contribution in [2.45, 2.75) is 19.4 Å². The molecule has 0 aliphatic heterocycles. The molecular weight excluding hydrogens is 254 g/mol. The second-order valence-electron chi connectivity index (χ2n) is 4.60. The third kappa shape index (κ3) is 3.39. The minimum Gasteiger partial charge on any atom is -0.468 e. The number of aryl methyl sites for hydroxylation is 1. The van der Waals surface area contributed by atoms with E-state index in [2.05, 4.69) is 14.7 Å². The molecule has 104 valence electrons. The molecule has 2 aromatic heterocycles. The number of rotatable bonds is 4. The van der Waals surface area contributed by atoms with Crippen molar-refractivity contribution in [3.63, 3.8) is 0 Å². The van der Waals surface area contributed by atoms with E-state index < -0.39 is 12.0 Å². The average molecular weight is 271 g/mol. The third-order valence-electron chi connectivity index (χ3n) is 2.96. The fourth-order valence-electron chi connectivity index (χ4n) is 1.91. The SMILES string of the molecule is COC(=O)C(N)Cc1ccnc(-c2cc(C)ccn2)c1. The van der Waals surface area contributed by atoms with Crippen molar-refractivity contribution in [1.29, 1.82) is 0 Å². The topological polar surface area (TPSA) is 78.1 Å². The zero-order valence-electron chi connectivity index (χ0n) is 11.5. The Bertz CT molecular complexity index is 614. The first-order chi connectivity index (χ1) is 9.60. The summed E-state index contributed by atoms with van der Waals surface area (Å²) in [5.41, 5.74) is 9.38. The maximum atomic E-state index is 11.3. The quantitative estimate of drug-likeness (QED) is 0.852. The molecule has 2 aromatic rings. The summed E-state index contributed by atoms with van der Waals surface area (Å²) in [7, 11) is 1.33. The number of hydrogen-bond donors (Lipinski definition) is 1. The molecule has 1 unspecified atom stereocenters. The average Bonchev–Trinajstić information content (AvgIpc) is 2.46. The first-order valence-corrected chi connectivity index (χ1v) is 6.31. The van der Waals surface area contributed by atoms with Crippen LogP contribution in [0.2, 0.25) is 0 Å². The van der Waals surface area contributed by atoms with E-state index in [1.165, 1.54) is 7.11 Å². The molecule has 2 heterocycles. The molecule has 0 spiro atoms. The Morgan fingerprint density at radius 2 is 1.90 bits per heavy atom. The van der Waals surface area contributed by atoms with Gasteiger partial charge in [0.25, 0.3) is 0 Å². The molecule has 2 N–H and O–H groups in total. The van der Waals surface area contributed by atoms with E-state index in [1.807, 2.05) is 31.2 Å². The van der Waals surface area contributed by atoms with Gasteiger partial charge in [0.05, 0.1) is 18.5 Å². The van der Waals surface area contributed by atoms with E-state index in [1.54, 1.807) is 12.4 Å². The van der Waals surface area contributed by atoms with E-state index in [4.69, 9.17) is 5.73 Å². The van der Waals surface area contributed by atoms with Gasteiger partial charge in [0.2, 0.25) is 0 Å². The van der Waals surface area contributed by atoms with Gasteiger partial charge in [-0.15, -0.1) is 0 Å². The smallest absolute Gasteiger partial charge is 0.322 e. The van der Waals surface area contributed by atoms with E-state index >= 15 is 0 Å². The molecule has 0 saturated heterocycles. The number of nitrogens with two attached hydrogens (primary N) is 1. The van der Waals surface area contributed by atoms with Gasteiger partial charge in [-0.05, 0) is 48.7 Å². The Labute approximate surface area is 117 Å². The molecule has 20 heavy (non-hydrogen) atoms. The number of hydrogen-bond acceptors (Lipinski definition) is 5. The maximum Gasteiger partial charge on any atom is 0.322 e. The molecule has 1 atom stereocenters. The lowest BCUT2D eigenvalue weighted by molar-refractivity contribution is -0.142. The van der Waals surface area contributed by atoms with Crippen molar-refractivity contribution in [3.8, 4) is 11.4 Å². The summed E-state index contributed by atoms with van der Waals surface area (Å²) in [5.74, 6) is -0.419. The molecule has 0 aliphatic rings. The van der Waals surface area contributed by atoms with Crippen LogP contribution in [-0.2, 0) is 16.0 Å². The van der Waals surface area contributed by atoms with Gasteiger partial charge in [0.1, 0.15) is 6.04 Å². The van der Waals surface area contributed by atoms with Crippen LogP contribution in [0, 0.1) is 6.92 Å². The predicted octanol–water partition coefficient (Wildman–Crippen LogP) is 1.49. The molecule has 0 saturated carbocycles. The van der Waals surface area contributed by atoms with Crippen molar-refractivity contribution in [2.24, 2.45) is 5.73 Å². The van der Waals surface area contributed by atoms with E-state index in [0.29, 0.717) is 6.42 Å². The van der Waals surface area contributed by atoms with Gasteiger partial charge in [-0.1, -0.05) is 0 Å². The Morgan fingerprint density at radius 3 is 2.55 bits per heavy atom. The van der Waals surface area contributed by atoms with E-state index in [-0.39, 0.29) is 0 Å². The van der Waals surface area contributed by atoms with E-state index in [9.17, 15) is 4.79 Å². The fourth-order valence-corrected chi connectivity index (χ4v) is 1.91. The lowest BCUT2D eigenvalue weighted by Crippen LogP contribution is -2.33. The molecule has 0 amide bonds. The van der Waals surface area contributed by atoms with Crippen LogP contribution in [0.3, 0.4) is 0 Å². The zero-order valence-corrected chi connectivity index (χ0v) is 11.5. The second-order valence-corrected chi connectivity index (χ2v) is 4.60. The summed E-state index contributed by atoms with van der Waals surface area (Å²) in [5, 5.41) is 0. The van der Waals surface area contributed by atoms with Gasteiger partial charge < -0.3 is 10.5 Å². The number of ether oxygens (including phenoxy) is 1. The number of nitrogens with zero attached hydrogens (tertiary/aromatic N) is 2. The molecule has 5 nitrogen and oxygen atoms in total. The highest BCUT2D eigenvalue weighted by atomic mass is 16.5. The van der Waals surface area contributed by atoms with Crippen LogP contribution in [0.25, 0.3) is 11.4 Å². The van der Waals surface area contributed by atoms with Crippen molar-refractivity contribution in [2.75, 3.05) is 7.11 Å². The summed E-state index contributed by atoms with van der Waals surface area (Å²) >= 11 is 0. The van der Waals surface area contributed by atoms with Crippen LogP contribution in [0.1, 0.15) is 11.1 Å². The van der Waals surface area contributed by atoms with Gasteiger partial charge >= 0.3 is 5.97 Å². The van der Waals surface area contributed by atoms with Crippen molar-refractivity contribution in [1.82, 2.24) is 9.97 Å². The molecule has 0 radical (unpaired) electrons. The molecular formula is C15H17N3O2. The van der Waals surface area contributed by atoms with Gasteiger partial charge in [-0.3, -0.25) is 14.8 Å². The van der Waals surface area contributed by atoms with Gasteiger partial charge in [-0.2, -0.15) is 0 Å². The summed E-state index contributed by atoms with van der Waals surface area (Å²) in [4.78, 5) is 19.9. The highest BCUT2D eigenvalue weighted by Gasteiger charge is 2.14. The van der Waals surface area contributed by atoms with Crippen molar-refractivity contribution < 1.29 is 9.53 Å². The minimum atomic E-state index is -0.666. The van der Waals surface area contributed by atoms with Gasteiger partial charge in [0.15, 0.2) is 0 Å². The molecule has 0 fully saturated rings. The van der Waals surface area contributed by atoms with E-state index in [0.717, 1.165) is 22.5 Å². The Hall–Kier alpha value is -2.27. The normalized spacial score (nSPS) is 11.9. The Balaban J connectivity index is 2.22. The Kier molecular flexibility index (Phi) is 4.42. The third-order valence-corrected chi connectivity index (χ3v) is 2.96. The predicted molar refractivity (Wildman–Crippen MR) is 75.9 cm³/mol. The summed E-state index contributed by atoms with van der Waals surface area (Å²) in [6.07, 6.45) is 3.85. The lowest BCUT2D eigenvalue weighted by Gasteiger charge is -2.10. The Morgan fingerprint density at radius 1 is 1.25 bits per heavy atom. The first-order valence-electron chi connectivity index (χ1n) is 6.31. The minimum absolute atomic E-state index is 0.411. The number of esters is 1. The fraction of sp³-hybridized carbons (Fsp3) is 0.267. The van der Waals surface area contributed by atoms with Crippen molar-refractivity contribution in [3.05, 3.63) is 47.8 Å². The highest BCUT2D eigenvalue weighted by Crippen LogP contribution is 2.17. The monoisotopic (exact) mass is 271 g/mol. The number of methoxy groups -OCH3 is 1. The molecule has 0 aliphatic carbocycles. The number of carbonyl (C=O) groups is 1. The summed E-state index contributed by atoms with van der Waals surface area (Å²) in [6, 6.07) is 6.96. The highest BCUT2D eigenvalue weighted by molar-refractivity contribution is 5.75.